The molecule has 1 amide bonds. The van der Waals surface area contributed by atoms with E-state index in [-0.39, 0.29) is 48.2 Å². The Bertz CT molecular complexity index is 1720. The van der Waals surface area contributed by atoms with Crippen molar-refractivity contribution in [2.45, 2.75) is 39.5 Å². The molecule has 0 aliphatic rings. The number of rotatable bonds is 11. The van der Waals surface area contributed by atoms with E-state index in [4.69, 9.17) is 36.0 Å². The fourth-order valence-corrected chi connectivity index (χ4v) is 4.03. The average molecular weight is 634 g/mol. The molecule has 0 unspecified atom stereocenters. The summed E-state index contributed by atoms with van der Waals surface area (Å²) in [7, 11) is 1.84. The van der Waals surface area contributed by atoms with Crippen LogP contribution < -0.4 is 20.7 Å². The van der Waals surface area contributed by atoms with E-state index in [0.717, 1.165) is 16.8 Å². The number of esters is 1. The standard InChI is InChI=1S/C31H32ClN7O6/c1-31(2,3)45-28(40)21(16-33)13-27-36-23-10-9-22(14-24(23)44-27)39(4)11-12-42-30(41)35-17-19-5-7-20(8-6-19)18-43-26-15-25(32)37-29(34)38-26/h5-10,13-15H,11-12,17-18H2,1-4H3,(H,35,41)(H2,34,37,38)/b21-13+. The zero-order chi connectivity index (χ0) is 32.6. The van der Waals surface area contributed by atoms with Crippen LogP contribution in [0.15, 0.2) is 58.5 Å². The van der Waals surface area contributed by atoms with Crippen LogP contribution in [0.2, 0.25) is 5.15 Å². The van der Waals surface area contributed by atoms with Crippen LogP contribution in [-0.2, 0) is 27.4 Å². The molecular formula is C31H32ClN7O6. The third kappa shape index (κ3) is 9.84. The Kier molecular flexibility index (Phi) is 10.4. The second-order valence-corrected chi connectivity index (χ2v) is 11.2. The molecule has 0 saturated carbocycles. The molecule has 234 valence electrons. The van der Waals surface area contributed by atoms with E-state index < -0.39 is 17.7 Å². The highest BCUT2D eigenvalue weighted by Gasteiger charge is 2.21. The lowest BCUT2D eigenvalue weighted by atomic mass is 10.1. The fourth-order valence-electron chi connectivity index (χ4n) is 3.85. The molecule has 0 saturated heterocycles. The summed E-state index contributed by atoms with van der Waals surface area (Å²) in [4.78, 5) is 38.5. The summed E-state index contributed by atoms with van der Waals surface area (Å²) in [5.41, 5.74) is 8.19. The van der Waals surface area contributed by atoms with E-state index in [1.54, 1.807) is 32.9 Å². The molecule has 2 aromatic carbocycles. The van der Waals surface area contributed by atoms with Crippen LogP contribution in [0.3, 0.4) is 0 Å². The van der Waals surface area contributed by atoms with Crippen LogP contribution in [0.1, 0.15) is 37.8 Å². The number of nitrogens with zero attached hydrogens (tertiary/aromatic N) is 5. The largest absolute Gasteiger partial charge is 0.473 e. The van der Waals surface area contributed by atoms with Gasteiger partial charge in [-0.1, -0.05) is 35.9 Å². The number of carbonyl (C=O) groups is 2. The Morgan fingerprint density at radius 2 is 1.84 bits per heavy atom. The highest BCUT2D eigenvalue weighted by molar-refractivity contribution is 6.29. The Morgan fingerprint density at radius 3 is 2.53 bits per heavy atom. The number of halogens is 1. The SMILES string of the molecule is CN(CCOC(=O)NCc1ccc(COc2cc(Cl)nc(N)n2)cc1)c1ccc2nc(/C=C(\C#N)C(=O)OC(C)(C)C)oc2c1. The van der Waals surface area contributed by atoms with Gasteiger partial charge >= 0.3 is 12.1 Å². The van der Waals surface area contributed by atoms with Crippen molar-refractivity contribution in [1.29, 1.82) is 5.26 Å². The lowest BCUT2D eigenvalue weighted by Crippen LogP contribution is -2.28. The summed E-state index contributed by atoms with van der Waals surface area (Å²) in [6.45, 7) is 6.24. The first kappa shape index (κ1) is 32.6. The maximum absolute atomic E-state index is 12.3. The van der Waals surface area contributed by atoms with Crippen LogP contribution in [0.25, 0.3) is 17.2 Å². The third-order valence-corrected chi connectivity index (χ3v) is 6.23. The van der Waals surface area contributed by atoms with Crippen molar-refractivity contribution in [3.63, 3.8) is 0 Å². The predicted molar refractivity (Wildman–Crippen MR) is 167 cm³/mol. The summed E-state index contributed by atoms with van der Waals surface area (Å²) in [6.07, 6.45) is 0.705. The molecule has 0 bridgehead atoms. The predicted octanol–water partition coefficient (Wildman–Crippen LogP) is 5.04. The minimum absolute atomic E-state index is 0.0307. The van der Waals surface area contributed by atoms with Gasteiger partial charge in [0.05, 0.1) is 6.54 Å². The van der Waals surface area contributed by atoms with E-state index >= 15 is 0 Å². The highest BCUT2D eigenvalue weighted by atomic mass is 35.5. The van der Waals surface area contributed by atoms with E-state index in [1.807, 2.05) is 48.3 Å². The molecule has 0 fully saturated rings. The molecule has 4 rings (SSSR count). The zero-order valence-corrected chi connectivity index (χ0v) is 25.9. The smallest absolute Gasteiger partial charge is 0.407 e. The number of aromatic nitrogens is 3. The van der Waals surface area contributed by atoms with Gasteiger partial charge in [-0.05, 0) is 44.0 Å². The molecule has 0 aliphatic carbocycles. The first-order valence-corrected chi connectivity index (χ1v) is 14.1. The number of fused-ring (bicyclic) bond motifs is 1. The van der Waals surface area contributed by atoms with Crippen molar-refractivity contribution < 1.29 is 28.2 Å². The first-order valence-electron chi connectivity index (χ1n) is 13.8. The number of alkyl carbamates (subject to hydrolysis) is 1. The molecule has 0 radical (unpaired) electrons. The zero-order valence-electron chi connectivity index (χ0n) is 25.2. The van der Waals surface area contributed by atoms with Crippen molar-refractivity contribution in [3.8, 4) is 11.9 Å². The van der Waals surface area contributed by atoms with Crippen LogP contribution in [-0.4, -0.2) is 52.8 Å². The van der Waals surface area contributed by atoms with Gasteiger partial charge in [0, 0.05) is 37.5 Å². The number of anilines is 2. The minimum atomic E-state index is -0.756. The maximum Gasteiger partial charge on any atom is 0.407 e. The Balaban J connectivity index is 1.22. The first-order chi connectivity index (χ1) is 21.4. The quantitative estimate of drug-likeness (QED) is 0.0973. The number of hydrogen-bond donors (Lipinski definition) is 2. The maximum atomic E-state index is 12.3. The number of likely N-dealkylation sites (N-methyl/N-ethyl adjacent to an activating group) is 1. The summed E-state index contributed by atoms with van der Waals surface area (Å²) in [5, 5.41) is 12.3. The second kappa shape index (κ2) is 14.4. The molecule has 4 aromatic rings. The number of nitrogens with two attached hydrogens (primary N) is 1. The van der Waals surface area contributed by atoms with Gasteiger partial charge in [0.25, 0.3) is 0 Å². The normalized spacial score (nSPS) is 11.5. The van der Waals surface area contributed by atoms with Gasteiger partial charge < -0.3 is 34.6 Å². The Labute approximate surface area is 264 Å². The number of hydrogen-bond acceptors (Lipinski definition) is 12. The lowest BCUT2D eigenvalue weighted by molar-refractivity contribution is -0.149. The molecular weight excluding hydrogens is 602 g/mol. The average Bonchev–Trinajstić information content (AvgIpc) is 3.38. The summed E-state index contributed by atoms with van der Waals surface area (Å²) >= 11 is 5.86. The minimum Gasteiger partial charge on any atom is -0.473 e. The van der Waals surface area contributed by atoms with Crippen molar-refractivity contribution in [2.75, 3.05) is 30.8 Å². The van der Waals surface area contributed by atoms with Crippen molar-refractivity contribution in [1.82, 2.24) is 20.3 Å². The van der Waals surface area contributed by atoms with E-state index in [9.17, 15) is 14.9 Å². The van der Waals surface area contributed by atoms with Gasteiger partial charge in [0.1, 0.15) is 41.1 Å². The molecule has 0 atom stereocenters. The van der Waals surface area contributed by atoms with Gasteiger partial charge in [-0.25, -0.2) is 19.6 Å². The van der Waals surface area contributed by atoms with Crippen molar-refractivity contribution >= 4 is 52.5 Å². The molecule has 14 heteroatoms. The monoisotopic (exact) mass is 633 g/mol. The number of nitrogens with one attached hydrogen (secondary N) is 1. The van der Waals surface area contributed by atoms with Gasteiger partial charge in [0.15, 0.2) is 5.58 Å². The molecule has 45 heavy (non-hydrogen) atoms. The molecule has 2 heterocycles. The molecule has 3 N–H and O–H groups in total. The number of oxazole rings is 1. The number of carbonyl (C=O) groups excluding carboxylic acids is 2. The summed E-state index contributed by atoms with van der Waals surface area (Å²) < 4.78 is 21.9. The molecule has 0 aliphatic heterocycles. The van der Waals surface area contributed by atoms with Crippen LogP contribution in [0, 0.1) is 11.3 Å². The van der Waals surface area contributed by atoms with Crippen LogP contribution >= 0.6 is 11.6 Å². The van der Waals surface area contributed by atoms with E-state index in [1.165, 1.54) is 12.1 Å². The van der Waals surface area contributed by atoms with Gasteiger partial charge in [-0.15, -0.1) is 0 Å². The summed E-state index contributed by atoms with van der Waals surface area (Å²) in [6, 6.07) is 16.2. The topological polar surface area (TPSA) is 179 Å². The van der Waals surface area contributed by atoms with Gasteiger partial charge in [-0.2, -0.15) is 10.2 Å². The van der Waals surface area contributed by atoms with E-state index in [0.29, 0.717) is 17.6 Å². The van der Waals surface area contributed by atoms with Crippen LogP contribution in [0.4, 0.5) is 16.4 Å². The Hall–Kier alpha value is -5.35. The lowest BCUT2D eigenvalue weighted by Gasteiger charge is -2.19. The summed E-state index contributed by atoms with van der Waals surface area (Å²) in [5.74, 6) is -0.343. The number of nitrogen functional groups attached to an aromatic ring is 1. The van der Waals surface area contributed by atoms with Crippen molar-refractivity contribution in [2.24, 2.45) is 0 Å². The van der Waals surface area contributed by atoms with Crippen LogP contribution in [0.5, 0.6) is 5.88 Å². The third-order valence-electron chi connectivity index (χ3n) is 6.03. The van der Waals surface area contributed by atoms with Gasteiger partial charge in [-0.3, -0.25) is 0 Å². The van der Waals surface area contributed by atoms with E-state index in [2.05, 4.69) is 20.3 Å². The number of amides is 1. The van der Waals surface area contributed by atoms with Gasteiger partial charge in [0.2, 0.25) is 17.7 Å². The fraction of sp³-hybridized carbons (Fsp3) is 0.290. The number of nitriles is 1. The molecule has 13 nitrogen and oxygen atoms in total. The number of benzene rings is 2. The molecule has 2 aromatic heterocycles. The number of ether oxygens (including phenoxy) is 3. The van der Waals surface area contributed by atoms with Crippen molar-refractivity contribution in [3.05, 3.63) is 76.3 Å². The highest BCUT2D eigenvalue weighted by Crippen LogP contribution is 2.24. The second-order valence-electron chi connectivity index (χ2n) is 10.8. The Morgan fingerprint density at radius 1 is 1.11 bits per heavy atom. The molecule has 0 spiro atoms.